The summed E-state index contributed by atoms with van der Waals surface area (Å²) in [5, 5.41) is 19.9. The Morgan fingerprint density at radius 2 is 1.76 bits per heavy atom. The fraction of sp³-hybridized carbons (Fsp3) is 0.556. The van der Waals surface area contributed by atoms with E-state index >= 15 is 0 Å². The summed E-state index contributed by atoms with van der Waals surface area (Å²) < 4.78 is 39.7. The number of rotatable bonds is 8. The molecule has 0 aromatic carbocycles. The van der Waals surface area contributed by atoms with Crippen molar-refractivity contribution in [1.82, 2.24) is 9.55 Å². The minimum Gasteiger partial charge on any atom is -0.387 e. The topological polar surface area (TPSA) is 268 Å². The minimum absolute atomic E-state index is 0.718. The van der Waals surface area contributed by atoms with Gasteiger partial charge in [0, 0.05) is 12.3 Å². The molecule has 2 rings (SSSR count). The third-order valence-electron chi connectivity index (χ3n) is 3.29. The summed E-state index contributed by atoms with van der Waals surface area (Å²) >= 11 is 0. The van der Waals surface area contributed by atoms with Crippen LogP contribution in [0.15, 0.2) is 21.9 Å². The summed E-state index contributed by atoms with van der Waals surface area (Å²) in [6.45, 7) is -1.02. The van der Waals surface area contributed by atoms with Crippen LogP contribution >= 0.6 is 23.8 Å². The fourth-order valence-corrected chi connectivity index (χ4v) is 5.30. The molecule has 3 unspecified atom stereocenters. The van der Waals surface area contributed by atoms with Gasteiger partial charge in [-0.1, -0.05) is 0 Å². The first-order valence-corrected chi connectivity index (χ1v) is 11.8. The van der Waals surface area contributed by atoms with E-state index in [1.165, 1.54) is 0 Å². The number of ether oxygens (including phenoxy) is 1. The lowest BCUT2D eigenvalue weighted by Gasteiger charge is -2.17. The van der Waals surface area contributed by atoms with Crippen LogP contribution in [0.5, 0.6) is 0 Å². The minimum atomic E-state index is -5.50. The van der Waals surface area contributed by atoms with Gasteiger partial charge in [-0.05, 0) is 8.62 Å². The summed E-state index contributed by atoms with van der Waals surface area (Å²) in [6.07, 6.45) is -5.63. The van der Waals surface area contributed by atoms with Crippen molar-refractivity contribution in [3.63, 3.8) is 0 Å². The second-order valence-corrected chi connectivity index (χ2v) is 9.94. The molecular weight excluding hydrogens is 469 g/mol. The van der Waals surface area contributed by atoms with E-state index < -0.39 is 66.2 Å². The number of aliphatic hydroxyl groups is 2. The molecule has 0 saturated carbocycles. The number of phosphoric ester groups is 1. The Morgan fingerprint density at radius 1 is 1.14 bits per heavy atom. The summed E-state index contributed by atoms with van der Waals surface area (Å²) in [7, 11) is -16.4. The number of aromatic amines is 1. The molecular formula is C9H16N2O15P3+. The number of hydrogen-bond donors (Lipinski definition) is 8. The molecule has 0 bridgehead atoms. The van der Waals surface area contributed by atoms with Gasteiger partial charge in [-0.15, -0.1) is 0 Å². The predicted molar refractivity (Wildman–Crippen MR) is 88.6 cm³/mol. The number of aliphatic hydroxyl groups excluding tert-OH is 2. The highest BCUT2D eigenvalue weighted by atomic mass is 31.3. The Hall–Kier alpha value is -0.870. The van der Waals surface area contributed by atoms with Crippen LogP contribution < -0.4 is 11.2 Å². The first kappa shape index (κ1) is 24.4. The highest BCUT2D eigenvalue weighted by molar-refractivity contribution is 7.70. The molecule has 17 nitrogen and oxygen atoms in total. The monoisotopic (exact) mass is 485 g/mol. The SMILES string of the molecule is O=c1ccn([C@@H]2O[C@H](COP(=O)(O)O[P+](O)(O)OP(=O)(O)O)C(O)C2O)c(=O)[nH]1. The molecule has 1 fully saturated rings. The van der Waals surface area contributed by atoms with Crippen molar-refractivity contribution in [2.75, 3.05) is 6.61 Å². The van der Waals surface area contributed by atoms with Gasteiger partial charge in [-0.2, -0.15) is 9.79 Å². The maximum atomic E-state index is 11.7. The van der Waals surface area contributed by atoms with E-state index in [4.69, 9.17) is 24.3 Å². The van der Waals surface area contributed by atoms with E-state index in [1.54, 1.807) is 0 Å². The van der Waals surface area contributed by atoms with Crippen LogP contribution in [-0.2, 0) is 27.0 Å². The van der Waals surface area contributed by atoms with Crippen LogP contribution in [0.4, 0.5) is 0 Å². The average Bonchev–Trinajstić information content (AvgIpc) is 2.78. The number of nitrogens with zero attached hydrogens (tertiary/aromatic N) is 1. The molecule has 5 atom stereocenters. The largest absolute Gasteiger partial charge is 0.591 e. The first-order chi connectivity index (χ1) is 13.1. The quantitative estimate of drug-likeness (QED) is 0.171. The third kappa shape index (κ3) is 6.82. The Labute approximate surface area is 160 Å². The lowest BCUT2D eigenvalue weighted by Crippen LogP contribution is -2.37. The van der Waals surface area contributed by atoms with Crippen LogP contribution in [0.3, 0.4) is 0 Å². The Bertz CT molecular complexity index is 937. The van der Waals surface area contributed by atoms with Gasteiger partial charge in [-0.3, -0.25) is 18.9 Å². The van der Waals surface area contributed by atoms with Crippen molar-refractivity contribution in [3.8, 4) is 0 Å². The molecule has 1 aliphatic rings. The Balaban J connectivity index is 2.05. The molecule has 1 aliphatic heterocycles. The van der Waals surface area contributed by atoms with Gasteiger partial charge < -0.3 is 29.6 Å². The van der Waals surface area contributed by atoms with Gasteiger partial charge in [0.2, 0.25) is 0 Å². The molecule has 0 spiro atoms. The highest BCUT2D eigenvalue weighted by Crippen LogP contribution is 2.71. The van der Waals surface area contributed by atoms with Crippen LogP contribution in [0, 0.1) is 0 Å². The summed E-state index contributed by atoms with van der Waals surface area (Å²) in [4.78, 5) is 69.3. The number of phosphoric acid groups is 2. The van der Waals surface area contributed by atoms with Gasteiger partial charge in [0.15, 0.2) is 6.23 Å². The van der Waals surface area contributed by atoms with Crippen LogP contribution in [-0.4, -0.2) is 69.1 Å². The van der Waals surface area contributed by atoms with Gasteiger partial charge in [0.25, 0.3) is 5.56 Å². The Kier molecular flexibility index (Phi) is 7.32. The second-order valence-electron chi connectivity index (χ2n) is 5.47. The fourth-order valence-electron chi connectivity index (χ4n) is 2.20. The summed E-state index contributed by atoms with van der Waals surface area (Å²) in [5.74, 6) is 0. The molecule has 2 heterocycles. The third-order valence-corrected chi connectivity index (χ3v) is 7.14. The van der Waals surface area contributed by atoms with E-state index in [0.717, 1.165) is 16.8 Å². The van der Waals surface area contributed by atoms with Crippen molar-refractivity contribution in [1.29, 1.82) is 0 Å². The molecule has 0 aliphatic carbocycles. The van der Waals surface area contributed by atoms with Gasteiger partial charge in [0.05, 0.1) is 6.61 Å². The van der Waals surface area contributed by atoms with Crippen molar-refractivity contribution in [2.24, 2.45) is 0 Å². The number of nitrogens with one attached hydrogen (secondary N) is 1. The van der Waals surface area contributed by atoms with Crippen LogP contribution in [0.25, 0.3) is 0 Å². The van der Waals surface area contributed by atoms with Crippen LogP contribution in [0.1, 0.15) is 6.23 Å². The normalized spacial score (nSPS) is 27.7. The second kappa shape index (κ2) is 8.70. The zero-order valence-corrected chi connectivity index (χ0v) is 16.5. The molecule has 1 aromatic rings. The van der Waals surface area contributed by atoms with Gasteiger partial charge in [0.1, 0.15) is 18.3 Å². The zero-order chi connectivity index (χ0) is 22.2. The van der Waals surface area contributed by atoms with Crippen molar-refractivity contribution < 1.29 is 61.7 Å². The van der Waals surface area contributed by atoms with E-state index in [0.29, 0.717) is 0 Å². The first-order valence-electron chi connectivity index (χ1n) is 7.23. The maximum Gasteiger partial charge on any atom is 0.591 e. The van der Waals surface area contributed by atoms with E-state index in [1.807, 2.05) is 4.98 Å². The lowest BCUT2D eigenvalue weighted by atomic mass is 10.1. The molecule has 29 heavy (non-hydrogen) atoms. The molecule has 166 valence electrons. The maximum absolute atomic E-state index is 11.7. The van der Waals surface area contributed by atoms with Crippen molar-refractivity contribution in [3.05, 3.63) is 33.1 Å². The highest BCUT2D eigenvalue weighted by Gasteiger charge is 2.55. The molecule has 8 N–H and O–H groups in total. The van der Waals surface area contributed by atoms with Gasteiger partial charge >= 0.3 is 29.5 Å². The predicted octanol–water partition coefficient (Wildman–Crippen LogP) is -2.94. The summed E-state index contributed by atoms with van der Waals surface area (Å²) in [6, 6.07) is 0.927. The number of hydrogen-bond acceptors (Lipinski definition) is 12. The molecule has 20 heteroatoms. The number of aromatic nitrogens is 2. The number of H-pyrrole nitrogens is 1. The molecule has 0 radical (unpaired) electrons. The van der Waals surface area contributed by atoms with Crippen molar-refractivity contribution >= 4 is 23.8 Å². The van der Waals surface area contributed by atoms with E-state index in [-0.39, 0.29) is 0 Å². The smallest absolute Gasteiger partial charge is 0.387 e. The average molecular weight is 485 g/mol. The van der Waals surface area contributed by atoms with Gasteiger partial charge in [-0.25, -0.2) is 13.9 Å². The van der Waals surface area contributed by atoms with Crippen LogP contribution in [0.2, 0.25) is 0 Å². The molecule has 1 saturated heterocycles. The zero-order valence-electron chi connectivity index (χ0n) is 13.9. The standard InChI is InChI=1S/C9H15N2O15P3/c12-5-1-2-11(9(15)10-5)8-7(14)6(13)4(24-8)3-23-28(19,20)26-29(21,22)25-27(16,17)18/h1-2,4,6-8,13-14,21-22H,3H2,(H3-,10,12,15,16,17,18,19,20)/p+1/t4-,6?,7?,8-/m1/s1. The summed E-state index contributed by atoms with van der Waals surface area (Å²) in [5.41, 5.74) is -1.73. The lowest BCUT2D eigenvalue weighted by molar-refractivity contribution is -0.0543. The van der Waals surface area contributed by atoms with E-state index in [9.17, 15) is 33.8 Å². The molecule has 1 aromatic heterocycles. The van der Waals surface area contributed by atoms with Crippen molar-refractivity contribution in [2.45, 2.75) is 24.5 Å². The van der Waals surface area contributed by atoms with E-state index in [2.05, 4.69) is 13.1 Å². The Morgan fingerprint density at radius 3 is 2.31 bits per heavy atom. The molecule has 0 amide bonds.